The van der Waals surface area contributed by atoms with Gasteiger partial charge in [0.05, 0.1) is 0 Å². The van der Waals surface area contributed by atoms with E-state index < -0.39 is 0 Å². The Labute approximate surface area is 305 Å². The summed E-state index contributed by atoms with van der Waals surface area (Å²) in [7, 11) is 0. The summed E-state index contributed by atoms with van der Waals surface area (Å²) in [6, 6.07) is 56.0. The molecule has 8 rings (SSSR count). The Bertz CT molecular complexity index is 2560. The molecule has 0 aromatic heterocycles. The molecule has 8 aromatic carbocycles. The molecule has 0 spiro atoms. The summed E-state index contributed by atoms with van der Waals surface area (Å²) in [4.78, 5) is 0. The molecule has 0 saturated carbocycles. The van der Waals surface area contributed by atoms with Crippen LogP contribution in [0, 0.1) is 5.41 Å². The molecule has 0 fully saturated rings. The number of nitrogens with one attached hydrogen (secondary N) is 2. The molecule has 8 aromatic rings. The maximum atomic E-state index is 7.27. The first-order chi connectivity index (χ1) is 25.6. The van der Waals surface area contributed by atoms with Gasteiger partial charge in [-0.3, -0.25) is 5.41 Å². The van der Waals surface area contributed by atoms with Crippen LogP contribution in [0.15, 0.2) is 176 Å². The number of rotatable bonds is 8. The van der Waals surface area contributed by atoms with Gasteiger partial charge in [0, 0.05) is 18.7 Å². The first-order valence-corrected chi connectivity index (χ1v) is 17.6. The maximum Gasteiger partial charge on any atom is 0.122 e. The predicted molar refractivity (Wildman–Crippen MR) is 223 cm³/mol. The number of nitrogen functional groups attached to an aromatic ring is 1. The van der Waals surface area contributed by atoms with Crippen LogP contribution in [0.25, 0.3) is 59.8 Å². The Balaban J connectivity index is 0.000000237. The van der Waals surface area contributed by atoms with E-state index in [9.17, 15) is 0 Å². The van der Waals surface area contributed by atoms with Gasteiger partial charge in [-0.15, -0.1) is 0 Å². The van der Waals surface area contributed by atoms with Crippen LogP contribution < -0.4 is 16.8 Å². The molecule has 6 N–H and O–H groups in total. The van der Waals surface area contributed by atoms with E-state index in [1.54, 1.807) is 0 Å². The van der Waals surface area contributed by atoms with Gasteiger partial charge in [-0.1, -0.05) is 158 Å². The van der Waals surface area contributed by atoms with E-state index in [0.717, 1.165) is 29.8 Å². The Morgan fingerprint density at radius 3 is 1.62 bits per heavy atom. The topological polar surface area (TPSA) is 87.9 Å². The third-order valence-corrected chi connectivity index (χ3v) is 9.63. The number of allylic oxidation sites excluding steroid dienone is 3. The molecule has 0 aliphatic carbocycles. The minimum absolute atomic E-state index is 0.0814. The van der Waals surface area contributed by atoms with Crippen LogP contribution in [0.5, 0.6) is 0 Å². The van der Waals surface area contributed by atoms with E-state index in [1.165, 1.54) is 71.5 Å². The van der Waals surface area contributed by atoms with Crippen LogP contribution >= 0.6 is 0 Å². The summed E-state index contributed by atoms with van der Waals surface area (Å²) in [5.41, 5.74) is 18.7. The van der Waals surface area contributed by atoms with Crippen LogP contribution in [0.4, 0.5) is 0 Å². The summed E-state index contributed by atoms with van der Waals surface area (Å²) < 4.78 is 0. The maximum absolute atomic E-state index is 7.27. The molecule has 0 heterocycles. The Hall–Kier alpha value is -6.49. The molecule has 0 aliphatic heterocycles. The molecule has 0 bridgehead atoms. The summed E-state index contributed by atoms with van der Waals surface area (Å²) >= 11 is 0. The van der Waals surface area contributed by atoms with Crippen molar-refractivity contribution in [2.75, 3.05) is 0 Å². The van der Waals surface area contributed by atoms with Crippen molar-refractivity contribution in [2.24, 2.45) is 11.5 Å². The van der Waals surface area contributed by atoms with E-state index in [2.05, 4.69) is 139 Å². The smallest absolute Gasteiger partial charge is 0.122 e. The van der Waals surface area contributed by atoms with Crippen molar-refractivity contribution >= 4 is 54.5 Å². The minimum atomic E-state index is 0.0814. The standard InChI is InChI=1S/C36H27N.C12H15N3/c1-2-10-25(11-3-1)23-37-24-26-18-20-27(21-19-26)34-22-35-30-14-5-4-12-28(30)29-13-6-8-16-32(29)36(35)33-17-9-7-15-31(33)34;1-2-9(7-8-13)10-3-5-11(6-4-10)12(14)15/h1-22,37H,23-24H2;2-8H,13H2,1H3,(H3,14,15)/b;8-7-,9-2+. The van der Waals surface area contributed by atoms with Gasteiger partial charge in [-0.05, 0) is 102 Å². The van der Waals surface area contributed by atoms with E-state index in [0.29, 0.717) is 0 Å². The molecule has 254 valence electrons. The zero-order valence-corrected chi connectivity index (χ0v) is 29.3. The zero-order valence-electron chi connectivity index (χ0n) is 29.3. The van der Waals surface area contributed by atoms with Crippen molar-refractivity contribution in [3.05, 3.63) is 198 Å². The number of hydrogen-bond acceptors (Lipinski definition) is 3. The van der Waals surface area contributed by atoms with Crippen LogP contribution in [0.3, 0.4) is 0 Å². The van der Waals surface area contributed by atoms with Crippen molar-refractivity contribution in [1.82, 2.24) is 5.32 Å². The van der Waals surface area contributed by atoms with Crippen molar-refractivity contribution in [2.45, 2.75) is 20.0 Å². The summed E-state index contributed by atoms with van der Waals surface area (Å²) in [6.07, 6.45) is 5.32. The van der Waals surface area contributed by atoms with Crippen molar-refractivity contribution < 1.29 is 0 Å². The molecule has 0 radical (unpaired) electrons. The molecule has 4 nitrogen and oxygen atoms in total. The van der Waals surface area contributed by atoms with Crippen LogP contribution in [-0.2, 0) is 13.1 Å². The Kier molecular flexibility index (Phi) is 10.2. The van der Waals surface area contributed by atoms with E-state index in [1.807, 2.05) is 43.3 Å². The molecular formula is C48H42N4. The van der Waals surface area contributed by atoms with E-state index in [-0.39, 0.29) is 5.84 Å². The lowest BCUT2D eigenvalue weighted by Crippen LogP contribution is -2.12. The van der Waals surface area contributed by atoms with Gasteiger partial charge >= 0.3 is 0 Å². The van der Waals surface area contributed by atoms with Crippen LogP contribution in [-0.4, -0.2) is 5.84 Å². The molecule has 0 saturated heterocycles. The fourth-order valence-corrected chi connectivity index (χ4v) is 7.06. The lowest BCUT2D eigenvalue weighted by atomic mass is 9.87. The Morgan fingerprint density at radius 1 is 0.558 bits per heavy atom. The lowest BCUT2D eigenvalue weighted by Gasteiger charge is -2.16. The fourth-order valence-electron chi connectivity index (χ4n) is 7.06. The summed E-state index contributed by atoms with van der Waals surface area (Å²) in [6.45, 7) is 3.68. The fraction of sp³-hybridized carbons (Fsp3) is 0.0625. The molecule has 0 aliphatic rings. The van der Waals surface area contributed by atoms with Gasteiger partial charge < -0.3 is 16.8 Å². The zero-order chi connectivity index (χ0) is 35.9. The number of hydrogen-bond donors (Lipinski definition) is 4. The molecule has 0 unspecified atom stereocenters. The van der Waals surface area contributed by atoms with Crippen molar-refractivity contribution in [1.29, 1.82) is 5.41 Å². The summed E-state index contributed by atoms with van der Waals surface area (Å²) in [5, 5.41) is 21.4. The highest BCUT2D eigenvalue weighted by atomic mass is 14.8. The van der Waals surface area contributed by atoms with E-state index in [4.69, 9.17) is 16.9 Å². The molecule has 52 heavy (non-hydrogen) atoms. The monoisotopic (exact) mass is 674 g/mol. The van der Waals surface area contributed by atoms with Gasteiger partial charge in [-0.25, -0.2) is 0 Å². The van der Waals surface area contributed by atoms with Gasteiger partial charge in [0.1, 0.15) is 5.84 Å². The van der Waals surface area contributed by atoms with Crippen LogP contribution in [0.2, 0.25) is 0 Å². The number of amidine groups is 1. The number of benzene rings is 8. The molecule has 0 atom stereocenters. The largest absolute Gasteiger partial charge is 0.405 e. The normalized spacial score (nSPS) is 11.7. The van der Waals surface area contributed by atoms with Gasteiger partial charge in [0.25, 0.3) is 0 Å². The third kappa shape index (κ3) is 7.06. The van der Waals surface area contributed by atoms with Crippen molar-refractivity contribution in [3.8, 4) is 11.1 Å². The van der Waals surface area contributed by atoms with Gasteiger partial charge in [0.15, 0.2) is 0 Å². The average molecular weight is 675 g/mol. The molecule has 0 amide bonds. The average Bonchev–Trinajstić information content (AvgIpc) is 3.20. The Morgan fingerprint density at radius 2 is 1.04 bits per heavy atom. The number of fused-ring (bicyclic) bond motifs is 8. The second-order valence-electron chi connectivity index (χ2n) is 12.9. The van der Waals surface area contributed by atoms with Gasteiger partial charge in [0.2, 0.25) is 0 Å². The molecule has 4 heteroatoms. The highest BCUT2D eigenvalue weighted by molar-refractivity contribution is 6.33. The van der Waals surface area contributed by atoms with Crippen LogP contribution in [0.1, 0.15) is 29.2 Å². The second-order valence-corrected chi connectivity index (χ2v) is 12.9. The van der Waals surface area contributed by atoms with E-state index >= 15 is 0 Å². The second kappa shape index (κ2) is 15.6. The third-order valence-electron chi connectivity index (χ3n) is 9.63. The summed E-state index contributed by atoms with van der Waals surface area (Å²) in [5.74, 6) is 0.0814. The number of nitrogens with two attached hydrogens (primary N) is 2. The quantitative estimate of drug-likeness (QED) is 0.0560. The lowest BCUT2D eigenvalue weighted by molar-refractivity contribution is 0.693. The molecular weight excluding hydrogens is 633 g/mol. The highest BCUT2D eigenvalue weighted by Gasteiger charge is 2.14. The first-order valence-electron chi connectivity index (χ1n) is 17.6. The first kappa shape index (κ1) is 34.0. The highest BCUT2D eigenvalue weighted by Crippen LogP contribution is 2.42. The van der Waals surface area contributed by atoms with Crippen molar-refractivity contribution in [3.63, 3.8) is 0 Å². The predicted octanol–water partition coefficient (Wildman–Crippen LogP) is 11.1. The minimum Gasteiger partial charge on any atom is -0.405 e. The van der Waals surface area contributed by atoms with Gasteiger partial charge in [-0.2, -0.15) is 0 Å². The SMILES string of the molecule is C/C=C(\C=C/N)c1ccc(C(=N)N)cc1.c1ccc(CNCc2ccc(-c3cc4c5ccccc5c5ccccc5c4c4ccccc34)cc2)cc1.